The van der Waals surface area contributed by atoms with E-state index in [9.17, 15) is 13.2 Å². The van der Waals surface area contributed by atoms with Gasteiger partial charge in [-0.15, -0.1) is 0 Å². The molecule has 2 heterocycles. The highest BCUT2D eigenvalue weighted by molar-refractivity contribution is 7.92. The predicted molar refractivity (Wildman–Crippen MR) is 78.9 cm³/mol. The summed E-state index contributed by atoms with van der Waals surface area (Å²) in [6, 6.07) is 0. The Kier molecular flexibility index (Phi) is 4.40. The van der Waals surface area contributed by atoms with E-state index in [-0.39, 0.29) is 17.4 Å². The van der Waals surface area contributed by atoms with Crippen molar-refractivity contribution >= 4 is 15.9 Å². The minimum Gasteiger partial charge on any atom is -0.446 e. The van der Waals surface area contributed by atoms with Gasteiger partial charge in [0.1, 0.15) is 6.10 Å². The molecule has 6 nitrogen and oxygen atoms in total. The predicted octanol–water partition coefficient (Wildman–Crippen LogP) is 0.870. The van der Waals surface area contributed by atoms with E-state index in [1.54, 1.807) is 4.90 Å². The standard InChI is InChI=1S/C14H24N2O4S/c17-14(20-12-3-1-4-12)16-8-6-15(7-9-16)11-13-5-2-10-21(13,18)19/h12-13H,1-11H2. The van der Waals surface area contributed by atoms with Crippen LogP contribution in [0.15, 0.2) is 0 Å². The summed E-state index contributed by atoms with van der Waals surface area (Å²) in [6.07, 6.45) is 4.64. The van der Waals surface area contributed by atoms with E-state index in [1.165, 1.54) is 0 Å². The number of sulfone groups is 1. The van der Waals surface area contributed by atoms with Crippen LogP contribution in [0.2, 0.25) is 0 Å². The Balaban J connectivity index is 1.43. The molecule has 0 spiro atoms. The monoisotopic (exact) mass is 316 g/mol. The van der Waals surface area contributed by atoms with Gasteiger partial charge in [0.15, 0.2) is 9.84 Å². The number of ether oxygens (including phenoxy) is 1. The molecule has 0 aromatic carbocycles. The summed E-state index contributed by atoms with van der Waals surface area (Å²) in [7, 11) is -2.87. The highest BCUT2D eigenvalue weighted by Crippen LogP contribution is 2.24. The van der Waals surface area contributed by atoms with E-state index in [1.807, 2.05) is 0 Å². The van der Waals surface area contributed by atoms with Crippen molar-refractivity contribution in [1.82, 2.24) is 9.80 Å². The number of hydrogen-bond donors (Lipinski definition) is 0. The summed E-state index contributed by atoms with van der Waals surface area (Å²) in [4.78, 5) is 15.9. The second kappa shape index (κ2) is 6.12. The van der Waals surface area contributed by atoms with Crippen molar-refractivity contribution in [2.24, 2.45) is 0 Å². The van der Waals surface area contributed by atoms with Gasteiger partial charge < -0.3 is 9.64 Å². The molecular formula is C14H24N2O4S. The van der Waals surface area contributed by atoms with Crippen molar-refractivity contribution in [1.29, 1.82) is 0 Å². The van der Waals surface area contributed by atoms with Crippen molar-refractivity contribution in [2.75, 3.05) is 38.5 Å². The van der Waals surface area contributed by atoms with E-state index in [0.717, 1.165) is 45.2 Å². The maximum absolute atomic E-state index is 11.9. The quantitative estimate of drug-likeness (QED) is 0.773. The van der Waals surface area contributed by atoms with Gasteiger partial charge in [-0.05, 0) is 32.1 Å². The molecule has 3 rings (SSSR count). The van der Waals surface area contributed by atoms with Gasteiger partial charge in [0.2, 0.25) is 0 Å². The first-order chi connectivity index (χ1) is 10.0. The van der Waals surface area contributed by atoms with E-state index < -0.39 is 9.84 Å². The van der Waals surface area contributed by atoms with Crippen LogP contribution in [0.4, 0.5) is 4.79 Å². The molecule has 0 radical (unpaired) electrons. The minimum absolute atomic E-state index is 0.124. The third-order valence-corrected chi connectivity index (χ3v) is 7.13. The molecule has 0 bridgehead atoms. The van der Waals surface area contributed by atoms with Crippen molar-refractivity contribution in [3.8, 4) is 0 Å². The molecular weight excluding hydrogens is 292 g/mol. The lowest BCUT2D eigenvalue weighted by molar-refractivity contribution is 0.0168. The molecule has 0 N–H and O–H groups in total. The maximum Gasteiger partial charge on any atom is 0.410 e. The molecule has 0 aromatic rings. The van der Waals surface area contributed by atoms with Gasteiger partial charge in [0.05, 0.1) is 11.0 Å². The van der Waals surface area contributed by atoms with Gasteiger partial charge in [-0.25, -0.2) is 13.2 Å². The molecule has 3 aliphatic rings. The number of amides is 1. The molecule has 1 unspecified atom stereocenters. The molecule has 1 atom stereocenters. The van der Waals surface area contributed by atoms with Gasteiger partial charge in [0, 0.05) is 32.7 Å². The Labute approximate surface area is 126 Å². The number of carbonyl (C=O) groups excluding carboxylic acids is 1. The molecule has 2 saturated heterocycles. The van der Waals surface area contributed by atoms with Gasteiger partial charge in [-0.3, -0.25) is 4.90 Å². The van der Waals surface area contributed by atoms with Crippen LogP contribution in [-0.2, 0) is 14.6 Å². The summed E-state index contributed by atoms with van der Waals surface area (Å²) in [5.41, 5.74) is 0. The van der Waals surface area contributed by atoms with E-state index in [0.29, 0.717) is 25.4 Å². The smallest absolute Gasteiger partial charge is 0.410 e. The second-order valence-electron chi connectivity index (χ2n) is 6.36. The fourth-order valence-electron chi connectivity index (χ4n) is 3.17. The fourth-order valence-corrected chi connectivity index (χ4v) is 5.04. The van der Waals surface area contributed by atoms with Crippen LogP contribution in [0.1, 0.15) is 32.1 Å². The highest BCUT2D eigenvalue weighted by Gasteiger charge is 2.34. The van der Waals surface area contributed by atoms with Gasteiger partial charge in [-0.2, -0.15) is 0 Å². The van der Waals surface area contributed by atoms with Gasteiger partial charge >= 0.3 is 6.09 Å². The number of piperazine rings is 1. The Bertz CT molecular complexity index is 481. The summed E-state index contributed by atoms with van der Waals surface area (Å²) in [6.45, 7) is 3.38. The third-order valence-electron chi connectivity index (χ3n) is 4.87. The summed E-state index contributed by atoms with van der Waals surface area (Å²) < 4.78 is 29.1. The fraction of sp³-hybridized carbons (Fsp3) is 0.929. The summed E-state index contributed by atoms with van der Waals surface area (Å²) in [5, 5.41) is -0.203. The summed E-state index contributed by atoms with van der Waals surface area (Å²) >= 11 is 0. The molecule has 7 heteroatoms. The third kappa shape index (κ3) is 3.51. The van der Waals surface area contributed by atoms with Crippen molar-refractivity contribution in [3.05, 3.63) is 0 Å². The molecule has 1 amide bonds. The molecule has 3 fully saturated rings. The first-order valence-corrected chi connectivity index (χ1v) is 9.65. The molecule has 2 aliphatic heterocycles. The Morgan fingerprint density at radius 3 is 2.29 bits per heavy atom. The lowest BCUT2D eigenvalue weighted by Gasteiger charge is -2.36. The topological polar surface area (TPSA) is 66.9 Å². The number of nitrogens with zero attached hydrogens (tertiary/aromatic N) is 2. The Morgan fingerprint density at radius 1 is 1.05 bits per heavy atom. The highest BCUT2D eigenvalue weighted by atomic mass is 32.2. The van der Waals surface area contributed by atoms with Crippen LogP contribution >= 0.6 is 0 Å². The first-order valence-electron chi connectivity index (χ1n) is 7.94. The lowest BCUT2D eigenvalue weighted by atomic mass is 9.96. The zero-order valence-electron chi connectivity index (χ0n) is 12.4. The van der Waals surface area contributed by atoms with E-state index in [2.05, 4.69) is 4.90 Å². The number of hydrogen-bond acceptors (Lipinski definition) is 5. The van der Waals surface area contributed by atoms with E-state index in [4.69, 9.17) is 4.74 Å². The maximum atomic E-state index is 11.9. The van der Waals surface area contributed by atoms with Crippen LogP contribution in [0, 0.1) is 0 Å². The normalized spacial score (nSPS) is 30.1. The molecule has 120 valence electrons. The van der Waals surface area contributed by atoms with Gasteiger partial charge in [-0.1, -0.05) is 0 Å². The van der Waals surface area contributed by atoms with E-state index >= 15 is 0 Å². The average molecular weight is 316 g/mol. The van der Waals surface area contributed by atoms with Crippen LogP contribution < -0.4 is 0 Å². The van der Waals surface area contributed by atoms with Crippen molar-refractivity contribution < 1.29 is 17.9 Å². The average Bonchev–Trinajstić information content (AvgIpc) is 2.74. The van der Waals surface area contributed by atoms with Crippen LogP contribution in [0.5, 0.6) is 0 Å². The lowest BCUT2D eigenvalue weighted by Crippen LogP contribution is -2.51. The largest absolute Gasteiger partial charge is 0.446 e. The Hall–Kier alpha value is -0.820. The van der Waals surface area contributed by atoms with Crippen molar-refractivity contribution in [2.45, 2.75) is 43.5 Å². The van der Waals surface area contributed by atoms with Crippen LogP contribution in [-0.4, -0.2) is 74.1 Å². The van der Waals surface area contributed by atoms with Crippen LogP contribution in [0.3, 0.4) is 0 Å². The number of carbonyl (C=O) groups is 1. The molecule has 0 aromatic heterocycles. The SMILES string of the molecule is O=C(OC1CCC1)N1CCN(CC2CCCS2(=O)=O)CC1. The zero-order chi connectivity index (χ0) is 14.9. The zero-order valence-corrected chi connectivity index (χ0v) is 13.2. The minimum atomic E-state index is -2.87. The first kappa shape index (κ1) is 15.1. The number of rotatable bonds is 3. The van der Waals surface area contributed by atoms with Crippen molar-refractivity contribution in [3.63, 3.8) is 0 Å². The molecule has 21 heavy (non-hydrogen) atoms. The summed E-state index contributed by atoms with van der Waals surface area (Å²) in [5.74, 6) is 0.339. The van der Waals surface area contributed by atoms with Crippen LogP contribution in [0.25, 0.3) is 0 Å². The Morgan fingerprint density at radius 2 is 1.76 bits per heavy atom. The molecule has 1 aliphatic carbocycles. The second-order valence-corrected chi connectivity index (χ2v) is 8.76. The molecule has 1 saturated carbocycles. The van der Waals surface area contributed by atoms with Gasteiger partial charge in [0.25, 0.3) is 0 Å².